The van der Waals surface area contributed by atoms with Gasteiger partial charge in [0.2, 0.25) is 0 Å². The zero-order valence-electron chi connectivity index (χ0n) is 11.0. The van der Waals surface area contributed by atoms with Gasteiger partial charge in [-0.25, -0.2) is 0 Å². The Bertz CT molecular complexity index is 409. The van der Waals surface area contributed by atoms with Crippen molar-refractivity contribution in [1.82, 2.24) is 0 Å². The average molecular weight is 297 g/mol. The summed E-state index contributed by atoms with van der Waals surface area (Å²) in [4.78, 5) is 0. The maximum Gasteiger partial charge on any atom is 0.411 e. The molecular weight excluding hydrogens is 281 g/mol. The van der Waals surface area contributed by atoms with Crippen molar-refractivity contribution in [3.8, 4) is 5.75 Å². The predicted molar refractivity (Wildman–Crippen MR) is 67.9 cm³/mol. The third-order valence-electron chi connectivity index (χ3n) is 2.58. The average Bonchev–Trinajstić information content (AvgIpc) is 2.26. The molecule has 0 heterocycles. The van der Waals surface area contributed by atoms with Crippen molar-refractivity contribution in [3.05, 3.63) is 28.8 Å². The molecule has 0 aliphatic heterocycles. The minimum Gasteiger partial charge on any atom is -0.496 e. The molecule has 0 aliphatic carbocycles. The van der Waals surface area contributed by atoms with Crippen LogP contribution >= 0.6 is 11.6 Å². The molecule has 1 aromatic rings. The molecule has 1 atom stereocenters. The number of benzene rings is 1. The van der Waals surface area contributed by atoms with E-state index >= 15 is 0 Å². The number of hydrogen-bond donors (Lipinski definition) is 0. The van der Waals surface area contributed by atoms with E-state index in [2.05, 4.69) is 4.74 Å². The summed E-state index contributed by atoms with van der Waals surface area (Å²) >= 11 is 6.04. The molecule has 0 amide bonds. The molecule has 108 valence electrons. The molecule has 0 bridgehead atoms. The van der Waals surface area contributed by atoms with Gasteiger partial charge in [-0.2, -0.15) is 13.2 Å². The van der Waals surface area contributed by atoms with E-state index in [9.17, 15) is 13.2 Å². The molecule has 2 nitrogen and oxygen atoms in total. The highest BCUT2D eigenvalue weighted by molar-refractivity contribution is 6.21. The number of halogens is 4. The fourth-order valence-corrected chi connectivity index (χ4v) is 2.08. The highest BCUT2D eigenvalue weighted by Gasteiger charge is 2.28. The van der Waals surface area contributed by atoms with Gasteiger partial charge in [0, 0.05) is 0 Å². The van der Waals surface area contributed by atoms with E-state index in [4.69, 9.17) is 16.3 Å². The number of methoxy groups -OCH3 is 1. The third-order valence-corrected chi connectivity index (χ3v) is 2.96. The normalized spacial score (nSPS) is 13.4. The van der Waals surface area contributed by atoms with Gasteiger partial charge in [0.1, 0.15) is 12.4 Å². The lowest BCUT2D eigenvalue weighted by Gasteiger charge is -2.15. The van der Waals surface area contributed by atoms with Gasteiger partial charge >= 0.3 is 6.18 Å². The summed E-state index contributed by atoms with van der Waals surface area (Å²) in [6, 6.07) is 3.58. The monoisotopic (exact) mass is 296 g/mol. The minimum atomic E-state index is -4.33. The van der Waals surface area contributed by atoms with Crippen molar-refractivity contribution < 1.29 is 22.6 Å². The molecule has 0 fully saturated rings. The highest BCUT2D eigenvalue weighted by Crippen LogP contribution is 2.30. The van der Waals surface area contributed by atoms with Gasteiger partial charge in [-0.05, 0) is 30.5 Å². The Hall–Kier alpha value is -0.940. The second-order valence-corrected chi connectivity index (χ2v) is 4.81. The van der Waals surface area contributed by atoms with Crippen LogP contribution in [-0.4, -0.2) is 26.5 Å². The molecule has 0 N–H and O–H groups in total. The van der Waals surface area contributed by atoms with Crippen molar-refractivity contribution >= 4 is 11.6 Å². The summed E-state index contributed by atoms with van der Waals surface area (Å²) < 4.78 is 45.6. The molecule has 0 spiro atoms. The van der Waals surface area contributed by atoms with Crippen molar-refractivity contribution in [1.29, 1.82) is 0 Å². The Morgan fingerprint density at radius 1 is 1.21 bits per heavy atom. The molecule has 6 heteroatoms. The molecule has 1 aromatic carbocycles. The fraction of sp³-hybridized carbons (Fsp3) is 0.538. The Balaban J connectivity index is 2.70. The van der Waals surface area contributed by atoms with E-state index in [-0.39, 0.29) is 6.61 Å². The van der Waals surface area contributed by atoms with Gasteiger partial charge in [0.15, 0.2) is 0 Å². The summed E-state index contributed by atoms with van der Waals surface area (Å²) in [7, 11) is 1.57. The Morgan fingerprint density at radius 2 is 1.74 bits per heavy atom. The summed E-state index contributed by atoms with van der Waals surface area (Å²) in [5, 5.41) is -0.620. The molecule has 0 aliphatic rings. The van der Waals surface area contributed by atoms with Crippen molar-refractivity contribution in [2.75, 3.05) is 20.3 Å². The van der Waals surface area contributed by atoms with Crippen molar-refractivity contribution in [2.45, 2.75) is 25.4 Å². The van der Waals surface area contributed by atoms with Crippen molar-refractivity contribution in [2.24, 2.45) is 0 Å². The Morgan fingerprint density at radius 3 is 2.16 bits per heavy atom. The molecular formula is C13H16ClF3O2. The molecule has 1 unspecified atom stereocenters. The number of alkyl halides is 4. The Labute approximate surface area is 115 Å². The highest BCUT2D eigenvalue weighted by atomic mass is 35.5. The lowest BCUT2D eigenvalue weighted by atomic mass is 10.0. The first-order valence-electron chi connectivity index (χ1n) is 5.68. The van der Waals surface area contributed by atoms with Gasteiger partial charge in [0.05, 0.1) is 19.1 Å². The predicted octanol–water partition coefficient (Wildman–Crippen LogP) is 4.17. The van der Waals surface area contributed by atoms with Crippen LogP contribution in [0.1, 0.15) is 22.1 Å². The number of hydrogen-bond acceptors (Lipinski definition) is 2. The summed E-state index contributed by atoms with van der Waals surface area (Å²) in [5.74, 6) is 0.754. The lowest BCUT2D eigenvalue weighted by Crippen LogP contribution is -2.18. The molecule has 0 radical (unpaired) electrons. The zero-order chi connectivity index (χ0) is 14.6. The Kier molecular flexibility index (Phi) is 5.50. The molecule has 0 saturated carbocycles. The fourth-order valence-electron chi connectivity index (χ4n) is 1.86. The van der Waals surface area contributed by atoms with Crippen molar-refractivity contribution in [3.63, 3.8) is 0 Å². The first-order valence-corrected chi connectivity index (χ1v) is 6.12. The minimum absolute atomic E-state index is 0.188. The van der Waals surface area contributed by atoms with Gasteiger partial charge in [0.25, 0.3) is 0 Å². The van der Waals surface area contributed by atoms with E-state index in [1.807, 2.05) is 13.8 Å². The number of aryl methyl sites for hydroxylation is 2. The topological polar surface area (TPSA) is 18.5 Å². The molecule has 0 aromatic heterocycles. The van der Waals surface area contributed by atoms with Crippen LogP contribution in [0.2, 0.25) is 0 Å². The summed E-state index contributed by atoms with van der Waals surface area (Å²) in [6.07, 6.45) is -4.33. The number of ether oxygens (including phenoxy) is 2. The summed E-state index contributed by atoms with van der Waals surface area (Å²) in [6.45, 7) is 2.24. The van der Waals surface area contributed by atoms with Gasteiger partial charge < -0.3 is 9.47 Å². The van der Waals surface area contributed by atoms with Crippen LogP contribution in [0.5, 0.6) is 5.75 Å². The van der Waals surface area contributed by atoms with Crippen LogP contribution in [0.4, 0.5) is 13.2 Å². The van der Waals surface area contributed by atoms with Crippen LogP contribution in [-0.2, 0) is 4.74 Å². The first-order chi connectivity index (χ1) is 8.74. The van der Waals surface area contributed by atoms with Gasteiger partial charge in [-0.15, -0.1) is 11.6 Å². The largest absolute Gasteiger partial charge is 0.496 e. The van der Waals surface area contributed by atoms with Gasteiger partial charge in [-0.3, -0.25) is 0 Å². The van der Waals surface area contributed by atoms with Crippen LogP contribution in [0.25, 0.3) is 0 Å². The second kappa shape index (κ2) is 6.48. The smallest absolute Gasteiger partial charge is 0.411 e. The second-order valence-electron chi connectivity index (χ2n) is 4.29. The van der Waals surface area contributed by atoms with E-state index < -0.39 is 18.2 Å². The standard InChI is InChI=1S/C13H16ClF3O2/c1-8-4-10(5-9(2)12(8)18-3)11(14)6-19-7-13(15,16)17/h4-5,11H,6-7H2,1-3H3. The molecule has 19 heavy (non-hydrogen) atoms. The third kappa shape index (κ3) is 4.91. The van der Waals surface area contributed by atoms with E-state index in [1.165, 1.54) is 0 Å². The van der Waals surface area contributed by atoms with E-state index in [1.54, 1.807) is 19.2 Å². The van der Waals surface area contributed by atoms with Crippen LogP contribution < -0.4 is 4.74 Å². The molecule has 0 saturated heterocycles. The van der Waals surface area contributed by atoms with E-state index in [0.717, 1.165) is 22.4 Å². The first kappa shape index (κ1) is 16.1. The van der Waals surface area contributed by atoms with Crippen LogP contribution in [0, 0.1) is 13.8 Å². The van der Waals surface area contributed by atoms with Gasteiger partial charge in [-0.1, -0.05) is 12.1 Å². The zero-order valence-corrected chi connectivity index (χ0v) is 11.7. The maximum atomic E-state index is 12.0. The molecule has 1 rings (SSSR count). The SMILES string of the molecule is COc1c(C)cc(C(Cl)COCC(F)(F)F)cc1C. The van der Waals surface area contributed by atoms with E-state index in [0.29, 0.717) is 0 Å². The summed E-state index contributed by atoms with van der Waals surface area (Å²) in [5.41, 5.74) is 2.50. The number of rotatable bonds is 5. The quantitative estimate of drug-likeness (QED) is 0.759. The van der Waals surface area contributed by atoms with Crippen LogP contribution in [0.15, 0.2) is 12.1 Å². The lowest BCUT2D eigenvalue weighted by molar-refractivity contribution is -0.173. The maximum absolute atomic E-state index is 12.0. The van der Waals surface area contributed by atoms with Crippen LogP contribution in [0.3, 0.4) is 0 Å².